The molecule has 2 atom stereocenters. The van der Waals surface area contributed by atoms with Crippen molar-refractivity contribution in [1.82, 2.24) is 5.32 Å². The lowest BCUT2D eigenvalue weighted by Crippen LogP contribution is -2.34. The topological polar surface area (TPSA) is 38.3 Å². The normalized spacial score (nSPS) is 14.9. The summed E-state index contributed by atoms with van der Waals surface area (Å²) in [5.74, 6) is -0.182. The van der Waals surface area contributed by atoms with Crippen LogP contribution in [0.15, 0.2) is 42.5 Å². The highest BCUT2D eigenvalue weighted by atomic mass is 16.6. The Labute approximate surface area is 128 Å². The molecule has 0 heterocycles. The van der Waals surface area contributed by atoms with Gasteiger partial charge in [0.15, 0.2) is 0 Å². The monoisotopic (exact) mass is 289 g/mol. The largest absolute Gasteiger partial charge is 0.460 e. The Kier molecular flexibility index (Phi) is 6.63. The van der Waals surface area contributed by atoms with Crippen molar-refractivity contribution in [3.63, 3.8) is 0 Å². The van der Waals surface area contributed by atoms with Crippen LogP contribution in [0.3, 0.4) is 0 Å². The fourth-order valence-corrected chi connectivity index (χ4v) is 2.14. The zero-order valence-corrected chi connectivity index (χ0v) is 13.7. The Hall–Kier alpha value is -1.61. The molecular formula is C18H27NO2. The Balaban J connectivity index is 2.63. The molecule has 0 unspecified atom stereocenters. The first-order chi connectivity index (χ1) is 9.81. The molecule has 1 aromatic rings. The van der Waals surface area contributed by atoms with E-state index in [2.05, 4.69) is 24.4 Å². The molecule has 0 aromatic heterocycles. The van der Waals surface area contributed by atoms with Gasteiger partial charge in [-0.2, -0.15) is 0 Å². The van der Waals surface area contributed by atoms with Crippen LogP contribution in [0.2, 0.25) is 0 Å². The van der Waals surface area contributed by atoms with Crippen LogP contribution in [-0.4, -0.2) is 17.6 Å². The minimum Gasteiger partial charge on any atom is -0.460 e. The van der Waals surface area contributed by atoms with E-state index in [-0.39, 0.29) is 18.1 Å². The van der Waals surface area contributed by atoms with Crippen molar-refractivity contribution in [3.8, 4) is 0 Å². The molecule has 3 nitrogen and oxygen atoms in total. The van der Waals surface area contributed by atoms with Gasteiger partial charge in [0.05, 0.1) is 6.42 Å². The SMILES string of the molecule is C/C=C/[C@H](CC(=O)OC(C)(C)C)N[C@H](C)c1ccccc1. The van der Waals surface area contributed by atoms with Gasteiger partial charge in [0.2, 0.25) is 0 Å². The van der Waals surface area contributed by atoms with Crippen LogP contribution in [0.25, 0.3) is 0 Å². The van der Waals surface area contributed by atoms with E-state index >= 15 is 0 Å². The molecule has 0 bridgehead atoms. The molecule has 116 valence electrons. The second-order valence-electron chi connectivity index (χ2n) is 6.22. The predicted molar refractivity (Wildman–Crippen MR) is 87.1 cm³/mol. The maximum absolute atomic E-state index is 12.0. The molecule has 21 heavy (non-hydrogen) atoms. The third-order valence-electron chi connectivity index (χ3n) is 3.00. The number of carbonyl (C=O) groups is 1. The summed E-state index contributed by atoms with van der Waals surface area (Å²) in [6.45, 7) is 9.71. The standard InChI is InChI=1S/C18H27NO2/c1-6-10-16(13-17(20)21-18(3,4)5)19-14(2)15-11-8-7-9-12-15/h6-12,14,16,19H,13H2,1-5H3/b10-6+/t14-,16-/m1/s1. The van der Waals surface area contributed by atoms with Crippen LogP contribution in [0.1, 0.15) is 52.6 Å². The van der Waals surface area contributed by atoms with Gasteiger partial charge >= 0.3 is 5.97 Å². The van der Waals surface area contributed by atoms with E-state index in [9.17, 15) is 4.79 Å². The lowest BCUT2D eigenvalue weighted by Gasteiger charge is -2.24. The molecule has 0 radical (unpaired) electrons. The number of ether oxygens (including phenoxy) is 1. The smallest absolute Gasteiger partial charge is 0.308 e. The number of benzene rings is 1. The van der Waals surface area contributed by atoms with Gasteiger partial charge in [-0.05, 0) is 40.2 Å². The van der Waals surface area contributed by atoms with E-state index in [4.69, 9.17) is 4.74 Å². The van der Waals surface area contributed by atoms with Crippen molar-refractivity contribution in [1.29, 1.82) is 0 Å². The van der Waals surface area contributed by atoms with E-state index in [1.54, 1.807) is 0 Å². The van der Waals surface area contributed by atoms with Gasteiger partial charge < -0.3 is 10.1 Å². The number of esters is 1. The first kappa shape index (κ1) is 17.4. The molecule has 0 fully saturated rings. The highest BCUT2D eigenvalue weighted by molar-refractivity contribution is 5.71. The van der Waals surface area contributed by atoms with Crippen molar-refractivity contribution in [2.75, 3.05) is 0 Å². The van der Waals surface area contributed by atoms with E-state index < -0.39 is 5.60 Å². The van der Waals surface area contributed by atoms with E-state index in [0.717, 1.165) is 0 Å². The van der Waals surface area contributed by atoms with Crippen LogP contribution in [0.5, 0.6) is 0 Å². The van der Waals surface area contributed by atoms with Gasteiger partial charge in [-0.25, -0.2) is 0 Å². The minimum atomic E-state index is -0.442. The lowest BCUT2D eigenvalue weighted by atomic mass is 10.1. The molecule has 0 aliphatic heterocycles. The number of nitrogens with one attached hydrogen (secondary N) is 1. The van der Waals surface area contributed by atoms with Gasteiger partial charge in [0.25, 0.3) is 0 Å². The summed E-state index contributed by atoms with van der Waals surface area (Å²) in [5, 5.41) is 3.46. The van der Waals surface area contributed by atoms with Crippen LogP contribution in [0, 0.1) is 0 Å². The Morgan fingerprint density at radius 3 is 2.43 bits per heavy atom. The first-order valence-corrected chi connectivity index (χ1v) is 7.47. The first-order valence-electron chi connectivity index (χ1n) is 7.47. The summed E-state index contributed by atoms with van der Waals surface area (Å²) in [6.07, 6.45) is 4.29. The molecule has 1 rings (SSSR count). The molecule has 0 saturated carbocycles. The van der Waals surface area contributed by atoms with Crippen LogP contribution < -0.4 is 5.32 Å². The molecule has 1 N–H and O–H groups in total. The second kappa shape index (κ2) is 7.99. The Morgan fingerprint density at radius 2 is 1.90 bits per heavy atom. The van der Waals surface area contributed by atoms with Crippen molar-refractivity contribution < 1.29 is 9.53 Å². The summed E-state index contributed by atoms with van der Waals surface area (Å²) in [4.78, 5) is 12.0. The van der Waals surface area contributed by atoms with Crippen molar-refractivity contribution >= 4 is 5.97 Å². The predicted octanol–water partition coefficient (Wildman–Crippen LogP) is 4.01. The molecule has 1 aromatic carbocycles. The van der Waals surface area contributed by atoms with Gasteiger partial charge in [-0.1, -0.05) is 42.5 Å². The highest BCUT2D eigenvalue weighted by Crippen LogP contribution is 2.15. The van der Waals surface area contributed by atoms with Crippen LogP contribution >= 0.6 is 0 Å². The number of hydrogen-bond donors (Lipinski definition) is 1. The number of allylic oxidation sites excluding steroid dienone is 1. The zero-order valence-electron chi connectivity index (χ0n) is 13.7. The van der Waals surface area contributed by atoms with Gasteiger partial charge in [-0.3, -0.25) is 4.79 Å². The molecule has 0 aliphatic carbocycles. The van der Waals surface area contributed by atoms with E-state index in [1.807, 2.05) is 58.0 Å². The quantitative estimate of drug-likeness (QED) is 0.635. The summed E-state index contributed by atoms with van der Waals surface area (Å²) >= 11 is 0. The van der Waals surface area contributed by atoms with E-state index in [1.165, 1.54) is 5.56 Å². The fraction of sp³-hybridized carbons (Fsp3) is 0.500. The summed E-state index contributed by atoms with van der Waals surface area (Å²) in [6, 6.07) is 10.4. The second-order valence-corrected chi connectivity index (χ2v) is 6.22. The number of carbonyl (C=O) groups excluding carboxylic acids is 1. The van der Waals surface area contributed by atoms with Gasteiger partial charge in [0, 0.05) is 12.1 Å². The maximum atomic E-state index is 12.0. The molecule has 3 heteroatoms. The molecule has 0 spiro atoms. The summed E-state index contributed by atoms with van der Waals surface area (Å²) in [5.41, 5.74) is 0.763. The summed E-state index contributed by atoms with van der Waals surface area (Å²) < 4.78 is 5.39. The lowest BCUT2D eigenvalue weighted by molar-refractivity contribution is -0.155. The van der Waals surface area contributed by atoms with Crippen LogP contribution in [-0.2, 0) is 9.53 Å². The average Bonchev–Trinajstić information content (AvgIpc) is 2.37. The molecule has 0 aliphatic rings. The third kappa shape index (κ3) is 7.09. The van der Waals surface area contributed by atoms with Gasteiger partial charge in [0.1, 0.15) is 5.60 Å². The maximum Gasteiger partial charge on any atom is 0.308 e. The fourth-order valence-electron chi connectivity index (χ4n) is 2.14. The number of rotatable bonds is 6. The third-order valence-corrected chi connectivity index (χ3v) is 3.00. The average molecular weight is 289 g/mol. The minimum absolute atomic E-state index is 0.0277. The van der Waals surface area contributed by atoms with Crippen molar-refractivity contribution in [2.24, 2.45) is 0 Å². The molecule has 0 saturated heterocycles. The Bertz CT molecular complexity index is 460. The van der Waals surface area contributed by atoms with Gasteiger partial charge in [-0.15, -0.1) is 0 Å². The van der Waals surface area contributed by atoms with E-state index in [0.29, 0.717) is 6.42 Å². The van der Waals surface area contributed by atoms with Crippen LogP contribution in [0.4, 0.5) is 0 Å². The highest BCUT2D eigenvalue weighted by Gasteiger charge is 2.20. The summed E-state index contributed by atoms with van der Waals surface area (Å²) in [7, 11) is 0. The molecule has 0 amide bonds. The zero-order chi connectivity index (χ0) is 15.9. The number of hydrogen-bond acceptors (Lipinski definition) is 3. The van der Waals surface area contributed by atoms with Crippen molar-refractivity contribution in [2.45, 2.75) is 58.7 Å². The van der Waals surface area contributed by atoms with Crippen molar-refractivity contribution in [3.05, 3.63) is 48.0 Å². The Morgan fingerprint density at radius 1 is 1.29 bits per heavy atom. The molecular weight excluding hydrogens is 262 g/mol.